The van der Waals surface area contributed by atoms with E-state index in [2.05, 4.69) is 15.0 Å². The van der Waals surface area contributed by atoms with E-state index in [9.17, 15) is 22.0 Å². The van der Waals surface area contributed by atoms with Gasteiger partial charge in [-0.1, -0.05) is 17.4 Å². The zero-order valence-electron chi connectivity index (χ0n) is 16.7. The molecule has 0 saturated heterocycles. The number of hydrogen-bond acceptors (Lipinski definition) is 6. The lowest BCUT2D eigenvalue weighted by atomic mass is 10.3. The van der Waals surface area contributed by atoms with Crippen molar-refractivity contribution in [3.05, 3.63) is 60.3 Å². The van der Waals surface area contributed by atoms with E-state index in [0.717, 1.165) is 28.4 Å². The van der Waals surface area contributed by atoms with Crippen molar-refractivity contribution >= 4 is 38.2 Å². The third-order valence-electron chi connectivity index (χ3n) is 4.51. The number of amides is 2. The first kappa shape index (κ1) is 22.1. The molecule has 1 aromatic heterocycles. The molecule has 12 heteroatoms. The molecule has 0 bridgehead atoms. The maximum atomic E-state index is 14.2. The standard InChI is InChI=1S/C20H18F2N4O4S2/c1-26(14-7-8-16(22)17(10-14)32(28,29)25-13-5-6-13)20(27)24-19-23-11-18(31-19)30-15-4-2-3-12(21)9-15/h2-4,7-11,13,25H,5-6H2,1H3,(H,23,24,27). The lowest BCUT2D eigenvalue weighted by Crippen LogP contribution is -2.32. The van der Waals surface area contributed by atoms with E-state index in [-0.39, 0.29) is 22.6 Å². The van der Waals surface area contributed by atoms with Gasteiger partial charge in [0.1, 0.15) is 22.3 Å². The van der Waals surface area contributed by atoms with Crippen LogP contribution in [-0.4, -0.2) is 32.5 Å². The molecular weight excluding hydrogens is 462 g/mol. The number of aromatic nitrogens is 1. The second-order valence-corrected chi connectivity index (χ2v) is 9.72. The summed E-state index contributed by atoms with van der Waals surface area (Å²) in [6, 6.07) is 8.16. The van der Waals surface area contributed by atoms with Gasteiger partial charge in [0.25, 0.3) is 0 Å². The van der Waals surface area contributed by atoms with E-state index in [4.69, 9.17) is 4.74 Å². The topological polar surface area (TPSA) is 101 Å². The Morgan fingerprint density at radius 2 is 2.00 bits per heavy atom. The predicted octanol–water partition coefficient (Wildman–Crippen LogP) is 4.32. The van der Waals surface area contributed by atoms with Crippen LogP contribution in [0.25, 0.3) is 0 Å². The Labute approximate surface area is 186 Å². The van der Waals surface area contributed by atoms with Gasteiger partial charge in [-0.15, -0.1) is 0 Å². The number of rotatable bonds is 7. The lowest BCUT2D eigenvalue weighted by Gasteiger charge is -2.18. The Balaban J connectivity index is 1.45. The zero-order valence-corrected chi connectivity index (χ0v) is 18.3. The summed E-state index contributed by atoms with van der Waals surface area (Å²) >= 11 is 1.02. The number of halogens is 2. The first-order valence-electron chi connectivity index (χ1n) is 9.47. The molecule has 2 N–H and O–H groups in total. The van der Waals surface area contributed by atoms with Crippen LogP contribution in [0.1, 0.15) is 12.8 Å². The van der Waals surface area contributed by atoms with E-state index in [1.54, 1.807) is 6.07 Å². The number of urea groups is 1. The fourth-order valence-electron chi connectivity index (χ4n) is 2.69. The molecule has 1 aliphatic rings. The fraction of sp³-hybridized carbons (Fsp3) is 0.200. The number of nitrogens with one attached hydrogen (secondary N) is 2. The number of sulfonamides is 1. The van der Waals surface area contributed by atoms with Crippen LogP contribution in [0.2, 0.25) is 0 Å². The summed E-state index contributed by atoms with van der Waals surface area (Å²) in [5.41, 5.74) is 0.174. The van der Waals surface area contributed by atoms with E-state index in [0.29, 0.717) is 17.9 Å². The maximum Gasteiger partial charge on any atom is 0.327 e. The third kappa shape index (κ3) is 5.21. The zero-order chi connectivity index (χ0) is 22.9. The molecule has 0 spiro atoms. The average molecular weight is 481 g/mol. The van der Waals surface area contributed by atoms with E-state index < -0.39 is 32.6 Å². The van der Waals surface area contributed by atoms with Crippen molar-refractivity contribution in [3.63, 3.8) is 0 Å². The summed E-state index contributed by atoms with van der Waals surface area (Å²) in [6.45, 7) is 0. The molecule has 1 aliphatic carbocycles. The Hall–Kier alpha value is -3.09. The molecule has 2 aromatic carbocycles. The minimum atomic E-state index is -4.03. The van der Waals surface area contributed by atoms with Crippen LogP contribution < -0.4 is 19.7 Å². The van der Waals surface area contributed by atoms with E-state index in [1.807, 2.05) is 0 Å². The fourth-order valence-corrected chi connectivity index (χ4v) is 4.77. The van der Waals surface area contributed by atoms with Gasteiger partial charge in [0.05, 0.1) is 6.20 Å². The van der Waals surface area contributed by atoms with Gasteiger partial charge in [-0.25, -0.2) is 31.7 Å². The van der Waals surface area contributed by atoms with Crippen molar-refractivity contribution in [1.29, 1.82) is 0 Å². The minimum absolute atomic E-state index is 0.174. The molecule has 1 fully saturated rings. The highest BCUT2D eigenvalue weighted by molar-refractivity contribution is 7.89. The highest BCUT2D eigenvalue weighted by atomic mass is 32.2. The molecule has 2 amide bonds. The van der Waals surface area contributed by atoms with Crippen molar-refractivity contribution in [2.45, 2.75) is 23.8 Å². The van der Waals surface area contributed by atoms with Gasteiger partial charge in [-0.3, -0.25) is 10.2 Å². The molecule has 1 heterocycles. The van der Waals surface area contributed by atoms with E-state index >= 15 is 0 Å². The summed E-state index contributed by atoms with van der Waals surface area (Å²) in [5, 5.41) is 3.09. The summed E-state index contributed by atoms with van der Waals surface area (Å²) in [6.07, 6.45) is 2.79. The molecule has 1 saturated carbocycles. The summed E-state index contributed by atoms with van der Waals surface area (Å²) in [5.74, 6) is -1.08. The molecule has 168 valence electrons. The van der Waals surface area contributed by atoms with Crippen molar-refractivity contribution in [2.75, 3.05) is 17.3 Å². The Kier molecular flexibility index (Phi) is 6.09. The first-order chi connectivity index (χ1) is 15.2. The van der Waals surface area contributed by atoms with Gasteiger partial charge >= 0.3 is 6.03 Å². The van der Waals surface area contributed by atoms with Gasteiger partial charge in [0.2, 0.25) is 15.1 Å². The minimum Gasteiger partial charge on any atom is -0.445 e. The number of benzene rings is 2. The lowest BCUT2D eigenvalue weighted by molar-refractivity contribution is 0.258. The number of anilines is 2. The third-order valence-corrected chi connectivity index (χ3v) is 6.83. The second kappa shape index (κ2) is 8.81. The van der Waals surface area contributed by atoms with Gasteiger partial charge in [0.15, 0.2) is 5.13 Å². The number of carbonyl (C=O) groups is 1. The van der Waals surface area contributed by atoms with Crippen LogP contribution in [0.3, 0.4) is 0 Å². The molecule has 0 radical (unpaired) electrons. The Morgan fingerprint density at radius 1 is 1.22 bits per heavy atom. The molecule has 4 rings (SSSR count). The molecule has 3 aromatic rings. The first-order valence-corrected chi connectivity index (χ1v) is 11.8. The van der Waals surface area contributed by atoms with Crippen molar-refractivity contribution < 1.29 is 26.7 Å². The number of nitrogens with zero attached hydrogens (tertiary/aromatic N) is 2. The maximum absolute atomic E-state index is 14.2. The van der Waals surface area contributed by atoms with Crippen molar-refractivity contribution in [1.82, 2.24) is 9.71 Å². The van der Waals surface area contributed by atoms with Crippen LogP contribution >= 0.6 is 11.3 Å². The van der Waals surface area contributed by atoms with E-state index in [1.165, 1.54) is 37.5 Å². The monoisotopic (exact) mass is 480 g/mol. The average Bonchev–Trinajstić information content (AvgIpc) is 3.44. The molecule has 0 aliphatic heterocycles. The van der Waals surface area contributed by atoms with Crippen LogP contribution in [0.15, 0.2) is 53.6 Å². The summed E-state index contributed by atoms with van der Waals surface area (Å²) in [7, 11) is -2.63. The van der Waals surface area contributed by atoms with Gasteiger partial charge in [-0.05, 0) is 43.2 Å². The van der Waals surface area contributed by atoms with Gasteiger partial charge in [-0.2, -0.15) is 0 Å². The van der Waals surface area contributed by atoms with Crippen molar-refractivity contribution in [2.24, 2.45) is 0 Å². The quantitative estimate of drug-likeness (QED) is 0.525. The van der Waals surface area contributed by atoms with Crippen LogP contribution in [-0.2, 0) is 10.0 Å². The largest absolute Gasteiger partial charge is 0.445 e. The van der Waals surface area contributed by atoms with Gasteiger partial charge < -0.3 is 4.74 Å². The predicted molar refractivity (Wildman–Crippen MR) is 116 cm³/mol. The number of thiazole rings is 1. The molecule has 0 atom stereocenters. The Morgan fingerprint density at radius 3 is 2.72 bits per heavy atom. The highest BCUT2D eigenvalue weighted by Crippen LogP contribution is 2.31. The summed E-state index contributed by atoms with van der Waals surface area (Å²) < 4.78 is 60.2. The highest BCUT2D eigenvalue weighted by Gasteiger charge is 2.30. The van der Waals surface area contributed by atoms with Crippen LogP contribution in [0, 0.1) is 11.6 Å². The van der Waals surface area contributed by atoms with Crippen LogP contribution in [0.5, 0.6) is 10.8 Å². The van der Waals surface area contributed by atoms with Gasteiger partial charge in [0, 0.05) is 24.8 Å². The molecule has 32 heavy (non-hydrogen) atoms. The number of hydrogen-bond donors (Lipinski definition) is 2. The van der Waals surface area contributed by atoms with Crippen LogP contribution in [0.4, 0.5) is 24.4 Å². The smallest absolute Gasteiger partial charge is 0.327 e. The Bertz CT molecular complexity index is 1260. The van der Waals surface area contributed by atoms with Crippen molar-refractivity contribution in [3.8, 4) is 10.8 Å². The summed E-state index contributed by atoms with van der Waals surface area (Å²) in [4.78, 5) is 17.2. The molecular formula is C20H18F2N4O4S2. The molecule has 8 nitrogen and oxygen atoms in total. The second-order valence-electron chi connectivity index (χ2n) is 7.04. The number of ether oxygens (including phenoxy) is 1. The SMILES string of the molecule is CN(C(=O)Nc1ncc(Oc2cccc(F)c2)s1)c1ccc(F)c(S(=O)(=O)NC2CC2)c1. The number of carbonyl (C=O) groups excluding carboxylic acids is 1. The molecule has 0 unspecified atom stereocenters. The normalized spacial score (nSPS) is 13.6.